The summed E-state index contributed by atoms with van der Waals surface area (Å²) in [5, 5.41) is 0. The zero-order chi connectivity index (χ0) is 7.56. The van der Waals surface area contributed by atoms with E-state index < -0.39 is 0 Å². The first-order chi connectivity index (χ1) is 4.77. The van der Waals surface area contributed by atoms with E-state index in [0.717, 1.165) is 0 Å². The first-order valence-electron chi connectivity index (χ1n) is 2.98. The third-order valence-electron chi connectivity index (χ3n) is 1.29. The summed E-state index contributed by atoms with van der Waals surface area (Å²) < 4.78 is 2.78. The van der Waals surface area contributed by atoms with Crippen LogP contribution in [0.1, 0.15) is 14.4 Å². The minimum absolute atomic E-state index is 0.492. The number of hydrogen-bond acceptors (Lipinski definition) is 0. The topological polar surface area (TPSA) is 0 Å². The van der Waals surface area contributed by atoms with Crippen LogP contribution >= 0.6 is 23.2 Å². The van der Waals surface area contributed by atoms with Crippen molar-refractivity contribution in [3.05, 3.63) is 20.5 Å². The van der Waals surface area contributed by atoms with Crippen molar-refractivity contribution < 1.29 is 0 Å². The fraction of sp³-hybridized carbons (Fsp3) is 0.429. The molecule has 0 amide bonds. The Balaban J connectivity index is 2.96. The van der Waals surface area contributed by atoms with E-state index in [2.05, 4.69) is 13.0 Å². The van der Waals surface area contributed by atoms with Crippen LogP contribution in [0, 0.1) is 6.92 Å². The maximum atomic E-state index is 5.71. The predicted octanol–water partition coefficient (Wildman–Crippen LogP) is 2.53. The van der Waals surface area contributed by atoms with Crippen molar-refractivity contribution in [2.45, 2.75) is 18.7 Å². The average molecular weight is 242 g/mol. The second-order valence-electron chi connectivity index (χ2n) is 2.07. The fourth-order valence-corrected chi connectivity index (χ4v) is 3.62. The quantitative estimate of drug-likeness (QED) is 0.552. The van der Waals surface area contributed by atoms with Gasteiger partial charge in [0, 0.05) is 0 Å². The van der Waals surface area contributed by atoms with Gasteiger partial charge in [0.15, 0.2) is 0 Å². The van der Waals surface area contributed by atoms with E-state index in [-0.39, 0.29) is 0 Å². The second-order valence-corrected chi connectivity index (χ2v) is 5.42. The molecule has 0 aliphatic rings. The number of alkyl halides is 2. The molecule has 0 nitrogen and oxygen atoms in total. The van der Waals surface area contributed by atoms with Gasteiger partial charge in [-0.2, -0.15) is 0 Å². The van der Waals surface area contributed by atoms with Crippen LogP contribution in [0.2, 0.25) is 0 Å². The van der Waals surface area contributed by atoms with Crippen molar-refractivity contribution >= 4 is 37.7 Å². The average Bonchev–Trinajstić information content (AvgIpc) is 2.30. The third kappa shape index (κ3) is 1.79. The third-order valence-corrected chi connectivity index (χ3v) is 4.49. The normalized spacial score (nSPS) is 10.3. The standard InChI is InChI=1S/C7H8Cl2Se/c1-5-2-6(3-8)7(4-9)10-5/h2H,3-4H2,1H3. The van der Waals surface area contributed by atoms with Gasteiger partial charge in [-0.25, -0.2) is 0 Å². The van der Waals surface area contributed by atoms with Crippen LogP contribution in [0.5, 0.6) is 0 Å². The van der Waals surface area contributed by atoms with Gasteiger partial charge in [-0.1, -0.05) is 0 Å². The van der Waals surface area contributed by atoms with E-state index in [0.29, 0.717) is 26.3 Å². The van der Waals surface area contributed by atoms with Crippen LogP contribution < -0.4 is 0 Å². The molecule has 1 rings (SSSR count). The molecule has 1 heterocycles. The van der Waals surface area contributed by atoms with Gasteiger partial charge in [0.1, 0.15) is 0 Å². The van der Waals surface area contributed by atoms with E-state index in [1.165, 1.54) is 14.4 Å². The zero-order valence-corrected chi connectivity index (χ0v) is 8.88. The number of hydrogen-bond donors (Lipinski definition) is 0. The van der Waals surface area contributed by atoms with Crippen molar-refractivity contribution in [2.75, 3.05) is 0 Å². The molecule has 0 aliphatic heterocycles. The van der Waals surface area contributed by atoms with Gasteiger partial charge < -0.3 is 0 Å². The summed E-state index contributed by atoms with van der Waals surface area (Å²) >= 11 is 11.9. The number of aryl methyl sites for hydroxylation is 1. The van der Waals surface area contributed by atoms with E-state index in [4.69, 9.17) is 23.2 Å². The molecular weight excluding hydrogens is 234 g/mol. The Hall–Kier alpha value is 0.579. The van der Waals surface area contributed by atoms with Crippen LogP contribution in [-0.4, -0.2) is 14.5 Å². The molecule has 0 saturated carbocycles. The van der Waals surface area contributed by atoms with Gasteiger partial charge in [-0.3, -0.25) is 0 Å². The Morgan fingerprint density at radius 2 is 2.10 bits per heavy atom. The Morgan fingerprint density at radius 3 is 2.50 bits per heavy atom. The molecule has 0 spiro atoms. The molecule has 0 unspecified atom stereocenters. The Bertz CT molecular complexity index is 196. The molecule has 1 aromatic heterocycles. The Labute approximate surface area is 76.9 Å². The molecule has 10 heavy (non-hydrogen) atoms. The summed E-state index contributed by atoms with van der Waals surface area (Å²) in [5.41, 5.74) is 1.24. The van der Waals surface area contributed by atoms with Gasteiger partial charge in [0.2, 0.25) is 0 Å². The van der Waals surface area contributed by atoms with Gasteiger partial charge in [0.25, 0.3) is 0 Å². The van der Waals surface area contributed by atoms with Crippen molar-refractivity contribution in [2.24, 2.45) is 0 Å². The maximum absolute atomic E-state index is 5.71. The fourth-order valence-electron chi connectivity index (χ4n) is 0.841. The molecule has 0 atom stereocenters. The molecule has 0 bridgehead atoms. The van der Waals surface area contributed by atoms with E-state index in [9.17, 15) is 0 Å². The van der Waals surface area contributed by atoms with Gasteiger partial charge >= 0.3 is 76.9 Å². The Morgan fingerprint density at radius 1 is 1.40 bits per heavy atom. The summed E-state index contributed by atoms with van der Waals surface area (Å²) in [6, 6.07) is 2.16. The summed E-state index contributed by atoms with van der Waals surface area (Å²) in [6.45, 7) is 2.13. The van der Waals surface area contributed by atoms with Crippen molar-refractivity contribution in [3.8, 4) is 0 Å². The van der Waals surface area contributed by atoms with Crippen LogP contribution in [-0.2, 0) is 11.8 Å². The first kappa shape index (κ1) is 8.67. The van der Waals surface area contributed by atoms with Crippen LogP contribution in [0.15, 0.2) is 6.07 Å². The molecular formula is C7H8Cl2Se. The van der Waals surface area contributed by atoms with E-state index in [1.807, 2.05) is 0 Å². The van der Waals surface area contributed by atoms with Crippen LogP contribution in [0.4, 0.5) is 0 Å². The molecule has 3 heteroatoms. The molecule has 0 fully saturated rings. The molecule has 0 N–H and O–H groups in total. The van der Waals surface area contributed by atoms with Gasteiger partial charge in [-0.15, -0.1) is 0 Å². The molecule has 0 saturated heterocycles. The number of halogens is 2. The minimum atomic E-state index is 0.492. The first-order valence-corrected chi connectivity index (χ1v) is 5.76. The van der Waals surface area contributed by atoms with Gasteiger partial charge in [0.05, 0.1) is 0 Å². The molecule has 1 aromatic rings. The summed E-state index contributed by atoms with van der Waals surface area (Å²) in [5.74, 6) is 1.26. The SMILES string of the molecule is Cc1cc(CCl)c(CCl)[se]1. The van der Waals surface area contributed by atoms with Crippen molar-refractivity contribution in [1.29, 1.82) is 0 Å². The Kier molecular flexibility index (Phi) is 3.32. The molecule has 0 aliphatic carbocycles. The van der Waals surface area contributed by atoms with Crippen molar-refractivity contribution in [3.63, 3.8) is 0 Å². The molecule has 0 radical (unpaired) electrons. The van der Waals surface area contributed by atoms with E-state index in [1.54, 1.807) is 0 Å². The van der Waals surface area contributed by atoms with Crippen LogP contribution in [0.25, 0.3) is 0 Å². The van der Waals surface area contributed by atoms with E-state index >= 15 is 0 Å². The summed E-state index contributed by atoms with van der Waals surface area (Å²) in [4.78, 5) is 0. The van der Waals surface area contributed by atoms with Gasteiger partial charge in [-0.05, 0) is 0 Å². The molecule has 0 aromatic carbocycles. The molecule has 56 valence electrons. The predicted molar refractivity (Wildman–Crippen MR) is 47.2 cm³/mol. The summed E-state index contributed by atoms with van der Waals surface area (Å²) in [6.07, 6.45) is 0. The van der Waals surface area contributed by atoms with Crippen molar-refractivity contribution in [1.82, 2.24) is 0 Å². The van der Waals surface area contributed by atoms with Crippen LogP contribution in [0.3, 0.4) is 0 Å². The number of rotatable bonds is 2. The monoisotopic (exact) mass is 242 g/mol. The summed E-state index contributed by atoms with van der Waals surface area (Å²) in [7, 11) is 0. The zero-order valence-electron chi connectivity index (χ0n) is 5.66. The second kappa shape index (κ2) is 3.82.